The average molecular weight is 431 g/mol. The zero-order valence-electron chi connectivity index (χ0n) is 17.4. The third kappa shape index (κ3) is 7.90. The molecule has 10 heteroatoms. The Morgan fingerprint density at radius 2 is 0.577 bits per heavy atom. The van der Waals surface area contributed by atoms with Crippen LogP contribution in [0.25, 0.3) is 0 Å². The van der Waals surface area contributed by atoms with Crippen molar-refractivity contribution in [3.05, 3.63) is 0 Å². The van der Waals surface area contributed by atoms with Crippen molar-refractivity contribution in [2.75, 3.05) is 42.7 Å². The van der Waals surface area contributed by atoms with Gasteiger partial charge in [-0.3, -0.25) is 0 Å². The molecule has 146 valence electrons. The Kier molecular flexibility index (Phi) is 10.3. The zero-order valence-corrected chi connectivity index (χ0v) is 21.4. The van der Waals surface area contributed by atoms with E-state index in [9.17, 15) is 0 Å². The topological polar surface area (TPSA) is 55.4 Å². The van der Waals surface area contributed by atoms with Gasteiger partial charge in [0.25, 0.3) is 8.07 Å². The van der Waals surface area contributed by atoms with Crippen LogP contribution in [-0.4, -0.2) is 76.4 Å². The quantitative estimate of drug-likeness (QED) is 0.469. The molecule has 0 bridgehead atoms. The van der Waals surface area contributed by atoms with E-state index in [1.165, 1.54) is 0 Å². The zero-order chi connectivity index (χ0) is 20.5. The van der Waals surface area contributed by atoms with Crippen molar-refractivity contribution in [1.29, 1.82) is 0 Å². The van der Waals surface area contributed by atoms with E-state index in [4.69, 9.17) is 26.6 Å². The van der Waals surface area contributed by atoms with Gasteiger partial charge in [-0.1, -0.05) is 16.6 Å². The molecule has 0 aliphatic heterocycles. The molecule has 0 aromatic carbocycles. The van der Waals surface area contributed by atoms with Crippen LogP contribution in [0, 0.1) is 33.3 Å². The highest BCUT2D eigenvalue weighted by Gasteiger charge is 2.32. The van der Waals surface area contributed by atoms with Gasteiger partial charge < -0.3 is 26.6 Å². The summed E-state index contributed by atoms with van der Waals surface area (Å²) < 4.78 is 32.7. The third-order valence-electron chi connectivity index (χ3n) is 3.96. The molecule has 0 atom stereocenters. The van der Waals surface area contributed by atoms with E-state index in [2.05, 4.69) is 33.3 Å². The second-order valence-electron chi connectivity index (χ2n) is 5.94. The smallest absolute Gasteiger partial charge is 0.389 e. The molecule has 0 aromatic rings. The standard InChI is InChI=1S/C16H30O6Si4/c1-17-24(8,18-2)14-11-23(7,12-15-25(9,19-3)20-4)13-16-26(10,21-5)22-6/h1-10H3. The van der Waals surface area contributed by atoms with Crippen LogP contribution in [0.5, 0.6) is 0 Å². The maximum atomic E-state index is 5.45. The molecule has 0 unspecified atom stereocenters. The van der Waals surface area contributed by atoms with Crippen LogP contribution in [0.15, 0.2) is 0 Å². The predicted molar refractivity (Wildman–Crippen MR) is 112 cm³/mol. The van der Waals surface area contributed by atoms with Gasteiger partial charge in [0.1, 0.15) is 0 Å². The Labute approximate surface area is 162 Å². The summed E-state index contributed by atoms with van der Waals surface area (Å²) in [4.78, 5) is 0. The van der Waals surface area contributed by atoms with E-state index in [1.54, 1.807) is 42.7 Å². The molecule has 0 radical (unpaired) electrons. The van der Waals surface area contributed by atoms with Crippen LogP contribution in [0.1, 0.15) is 0 Å². The lowest BCUT2D eigenvalue weighted by atomic mass is 11.3. The first-order chi connectivity index (χ1) is 12.0. The minimum atomic E-state index is -2.64. The molecular weight excluding hydrogens is 401 g/mol. The molecule has 0 aromatic heterocycles. The summed E-state index contributed by atoms with van der Waals surface area (Å²) in [7, 11) is -0.714. The van der Waals surface area contributed by atoms with Crippen LogP contribution in [-0.2, 0) is 26.6 Å². The van der Waals surface area contributed by atoms with Gasteiger partial charge in [-0.15, -0.1) is 16.6 Å². The van der Waals surface area contributed by atoms with Gasteiger partial charge in [-0.2, -0.15) is 0 Å². The molecule has 0 saturated carbocycles. The minimum absolute atomic E-state index is 1.60. The first-order valence-corrected chi connectivity index (χ1v) is 17.4. The summed E-state index contributed by atoms with van der Waals surface area (Å²) in [5.41, 5.74) is 19.2. The molecule has 6 nitrogen and oxygen atoms in total. The normalized spacial score (nSPS) is 12.2. The summed E-state index contributed by atoms with van der Waals surface area (Å²) in [5, 5.41) is 0. The maximum absolute atomic E-state index is 5.45. The molecular formula is C16H30O6Si4. The first kappa shape index (κ1) is 25.3. The SMILES string of the molecule is CO[Si](C)(C#C[Si](C)(C#C[Si](C)(OC)OC)C#C[Si](C)(OC)OC)OC. The Morgan fingerprint density at radius 1 is 0.385 bits per heavy atom. The second kappa shape index (κ2) is 10.6. The van der Waals surface area contributed by atoms with Crippen molar-refractivity contribution in [3.8, 4) is 33.3 Å². The summed E-state index contributed by atoms with van der Waals surface area (Å²) >= 11 is 0. The van der Waals surface area contributed by atoms with Gasteiger partial charge in [-0.05, 0) is 26.2 Å². The fraction of sp³-hybridized carbons (Fsp3) is 0.625. The molecule has 26 heavy (non-hydrogen) atoms. The minimum Gasteiger partial charge on any atom is -0.389 e. The highest BCUT2D eigenvalue weighted by Crippen LogP contribution is 2.08. The summed E-state index contributed by atoms with van der Waals surface area (Å²) in [6.45, 7) is 7.60. The number of rotatable bonds is 6. The Balaban J connectivity index is 6.20. The number of hydrogen-bond acceptors (Lipinski definition) is 6. The van der Waals surface area contributed by atoms with Crippen molar-refractivity contribution < 1.29 is 26.6 Å². The van der Waals surface area contributed by atoms with E-state index >= 15 is 0 Å². The lowest BCUT2D eigenvalue weighted by Crippen LogP contribution is -2.39. The molecule has 0 saturated heterocycles. The van der Waals surface area contributed by atoms with E-state index in [-0.39, 0.29) is 0 Å². The van der Waals surface area contributed by atoms with Gasteiger partial charge >= 0.3 is 25.7 Å². The van der Waals surface area contributed by atoms with Crippen LogP contribution in [0.3, 0.4) is 0 Å². The van der Waals surface area contributed by atoms with Crippen molar-refractivity contribution in [2.24, 2.45) is 0 Å². The van der Waals surface area contributed by atoms with Gasteiger partial charge in [0.2, 0.25) is 0 Å². The van der Waals surface area contributed by atoms with E-state index in [1.807, 2.05) is 26.2 Å². The van der Waals surface area contributed by atoms with E-state index in [0.717, 1.165) is 0 Å². The predicted octanol–water partition coefficient (Wildman–Crippen LogP) is 1.40. The lowest BCUT2D eigenvalue weighted by Gasteiger charge is -2.18. The summed E-state index contributed by atoms with van der Waals surface area (Å²) in [5.74, 6) is 0. The van der Waals surface area contributed by atoms with Crippen molar-refractivity contribution in [1.82, 2.24) is 0 Å². The van der Waals surface area contributed by atoms with Crippen molar-refractivity contribution in [2.45, 2.75) is 26.2 Å². The highest BCUT2D eigenvalue weighted by atomic mass is 28.4. The molecule has 0 amide bonds. The Bertz CT molecular complexity index is 549. The second-order valence-corrected chi connectivity index (χ2v) is 17.8. The van der Waals surface area contributed by atoms with Crippen LogP contribution in [0.2, 0.25) is 26.2 Å². The average Bonchev–Trinajstić information content (AvgIpc) is 2.68. The fourth-order valence-electron chi connectivity index (χ4n) is 1.37. The van der Waals surface area contributed by atoms with Crippen LogP contribution >= 0.6 is 0 Å². The highest BCUT2D eigenvalue weighted by molar-refractivity contribution is 7.02. The maximum Gasteiger partial charge on any atom is 0.419 e. The van der Waals surface area contributed by atoms with Gasteiger partial charge in [-0.25, -0.2) is 0 Å². The van der Waals surface area contributed by atoms with Crippen LogP contribution in [0.4, 0.5) is 0 Å². The molecule has 0 N–H and O–H groups in total. The van der Waals surface area contributed by atoms with Gasteiger partial charge in [0.05, 0.1) is 0 Å². The van der Waals surface area contributed by atoms with Gasteiger partial charge in [0, 0.05) is 42.7 Å². The molecule has 0 fully saturated rings. The molecule has 0 rings (SSSR count). The van der Waals surface area contributed by atoms with Gasteiger partial charge in [0.15, 0.2) is 0 Å². The van der Waals surface area contributed by atoms with Crippen molar-refractivity contribution >= 4 is 33.8 Å². The third-order valence-corrected chi connectivity index (χ3v) is 13.0. The molecule has 0 aliphatic carbocycles. The molecule has 0 aliphatic rings. The lowest BCUT2D eigenvalue weighted by molar-refractivity contribution is 0.266. The Hall–Kier alpha value is -0.692. The Morgan fingerprint density at radius 3 is 0.731 bits per heavy atom. The van der Waals surface area contributed by atoms with Crippen LogP contribution < -0.4 is 0 Å². The monoisotopic (exact) mass is 430 g/mol. The summed E-state index contributed by atoms with van der Waals surface area (Å²) in [6, 6.07) is 0. The molecule has 0 spiro atoms. The van der Waals surface area contributed by atoms with E-state index in [0.29, 0.717) is 0 Å². The molecule has 0 heterocycles. The van der Waals surface area contributed by atoms with Crippen molar-refractivity contribution in [3.63, 3.8) is 0 Å². The summed E-state index contributed by atoms with van der Waals surface area (Å²) in [6.07, 6.45) is 0. The van der Waals surface area contributed by atoms with E-state index < -0.39 is 33.8 Å². The largest absolute Gasteiger partial charge is 0.419 e. The first-order valence-electron chi connectivity index (χ1n) is 7.92. The number of hydrogen-bond donors (Lipinski definition) is 0. The fourth-order valence-corrected chi connectivity index (χ4v) is 8.39.